The van der Waals surface area contributed by atoms with Crippen molar-refractivity contribution in [1.29, 1.82) is 0 Å². The zero-order valence-electron chi connectivity index (χ0n) is 7.07. The number of benzene rings is 1. The standard InChI is InChI=1S/C10H13N.H2/c1-7-3-4-8(2)10-9(7)5-6-11-10;/h3-4,11H,5-6H2,1-2H3;1H. The molecule has 0 saturated carbocycles. The lowest BCUT2D eigenvalue weighted by Gasteiger charge is -2.05. The first-order valence-electron chi connectivity index (χ1n) is 4.12. The van der Waals surface area contributed by atoms with E-state index in [9.17, 15) is 0 Å². The summed E-state index contributed by atoms with van der Waals surface area (Å²) in [5, 5.41) is 3.41. The van der Waals surface area contributed by atoms with Crippen LogP contribution in [0.2, 0.25) is 0 Å². The summed E-state index contributed by atoms with van der Waals surface area (Å²) in [5.74, 6) is 0. The Morgan fingerprint density at radius 3 is 2.73 bits per heavy atom. The molecule has 1 aromatic carbocycles. The molecule has 0 aliphatic carbocycles. The third kappa shape index (κ3) is 0.917. The van der Waals surface area contributed by atoms with Crippen LogP contribution in [-0.4, -0.2) is 6.54 Å². The highest BCUT2D eigenvalue weighted by atomic mass is 14.9. The van der Waals surface area contributed by atoms with E-state index < -0.39 is 0 Å². The Morgan fingerprint density at radius 1 is 1.27 bits per heavy atom. The van der Waals surface area contributed by atoms with E-state index in [-0.39, 0.29) is 1.43 Å². The van der Waals surface area contributed by atoms with Gasteiger partial charge in [-0.1, -0.05) is 12.1 Å². The van der Waals surface area contributed by atoms with Gasteiger partial charge in [-0.3, -0.25) is 0 Å². The van der Waals surface area contributed by atoms with E-state index in [0.717, 1.165) is 6.54 Å². The maximum atomic E-state index is 3.41. The molecule has 1 N–H and O–H groups in total. The Kier molecular flexibility index (Phi) is 1.38. The first-order valence-corrected chi connectivity index (χ1v) is 4.12. The van der Waals surface area contributed by atoms with Crippen LogP contribution in [0.15, 0.2) is 12.1 Å². The molecule has 0 fully saturated rings. The van der Waals surface area contributed by atoms with Crippen molar-refractivity contribution in [2.24, 2.45) is 0 Å². The highest BCUT2D eigenvalue weighted by molar-refractivity contribution is 5.63. The fourth-order valence-corrected chi connectivity index (χ4v) is 1.75. The number of aryl methyl sites for hydroxylation is 2. The van der Waals surface area contributed by atoms with Crippen molar-refractivity contribution in [2.45, 2.75) is 20.3 Å². The van der Waals surface area contributed by atoms with Gasteiger partial charge in [-0.25, -0.2) is 0 Å². The molecular weight excluding hydrogens is 134 g/mol. The number of hydrogen-bond donors (Lipinski definition) is 1. The Morgan fingerprint density at radius 2 is 2.00 bits per heavy atom. The van der Waals surface area contributed by atoms with E-state index in [0.29, 0.717) is 0 Å². The molecule has 1 aliphatic heterocycles. The number of hydrogen-bond acceptors (Lipinski definition) is 1. The Balaban J connectivity index is 0.000000720. The smallest absolute Gasteiger partial charge is 0.0405 e. The van der Waals surface area contributed by atoms with Crippen LogP contribution in [-0.2, 0) is 6.42 Å². The highest BCUT2D eigenvalue weighted by Gasteiger charge is 2.13. The predicted molar refractivity (Wildman–Crippen MR) is 50.2 cm³/mol. The molecule has 1 heteroatoms. The second-order valence-electron chi connectivity index (χ2n) is 3.23. The quantitative estimate of drug-likeness (QED) is 0.597. The Labute approximate surface area is 68.9 Å². The van der Waals surface area contributed by atoms with E-state index in [1.165, 1.54) is 28.8 Å². The average Bonchev–Trinajstić information content (AvgIpc) is 2.45. The van der Waals surface area contributed by atoms with Gasteiger partial charge in [0, 0.05) is 13.7 Å². The minimum Gasteiger partial charge on any atom is -0.384 e. The second kappa shape index (κ2) is 2.26. The van der Waals surface area contributed by atoms with Crippen molar-refractivity contribution in [1.82, 2.24) is 0 Å². The summed E-state index contributed by atoms with van der Waals surface area (Å²) in [6.45, 7) is 5.46. The van der Waals surface area contributed by atoms with Crippen molar-refractivity contribution < 1.29 is 1.43 Å². The molecule has 0 unspecified atom stereocenters. The van der Waals surface area contributed by atoms with Gasteiger partial charge in [-0.05, 0) is 37.0 Å². The third-order valence-electron chi connectivity index (χ3n) is 2.43. The summed E-state index contributed by atoms with van der Waals surface area (Å²) in [6, 6.07) is 4.40. The Bertz CT molecular complexity index is 265. The molecule has 0 amide bonds. The molecule has 1 aliphatic rings. The maximum Gasteiger partial charge on any atom is 0.0405 e. The molecule has 0 aromatic heterocycles. The first-order chi connectivity index (χ1) is 5.29. The summed E-state index contributed by atoms with van der Waals surface area (Å²) in [5.41, 5.74) is 5.70. The van der Waals surface area contributed by atoms with Crippen molar-refractivity contribution in [3.8, 4) is 0 Å². The van der Waals surface area contributed by atoms with Crippen molar-refractivity contribution >= 4 is 5.69 Å². The van der Waals surface area contributed by atoms with E-state index >= 15 is 0 Å². The van der Waals surface area contributed by atoms with Crippen LogP contribution < -0.4 is 5.32 Å². The normalized spacial score (nSPS) is 14.4. The van der Waals surface area contributed by atoms with Crippen LogP contribution in [0.5, 0.6) is 0 Å². The Hall–Kier alpha value is -0.980. The second-order valence-corrected chi connectivity index (χ2v) is 3.23. The number of fused-ring (bicyclic) bond motifs is 1. The van der Waals surface area contributed by atoms with Gasteiger partial charge in [0.2, 0.25) is 0 Å². The number of anilines is 1. The van der Waals surface area contributed by atoms with E-state index in [1.54, 1.807) is 0 Å². The van der Waals surface area contributed by atoms with Crippen molar-refractivity contribution in [2.75, 3.05) is 11.9 Å². The fourth-order valence-electron chi connectivity index (χ4n) is 1.75. The summed E-state index contributed by atoms with van der Waals surface area (Å²) in [6.07, 6.45) is 1.20. The SMILES string of the molecule is Cc1ccc(C)c2c1CCN2.[HH]. The first kappa shape index (κ1) is 6.71. The zero-order chi connectivity index (χ0) is 7.84. The molecule has 1 aromatic rings. The van der Waals surface area contributed by atoms with Crippen LogP contribution in [0.25, 0.3) is 0 Å². The predicted octanol–water partition coefficient (Wildman–Crippen LogP) is 2.52. The van der Waals surface area contributed by atoms with Crippen LogP contribution >= 0.6 is 0 Å². The largest absolute Gasteiger partial charge is 0.384 e. The molecule has 2 rings (SSSR count). The van der Waals surface area contributed by atoms with E-state index in [2.05, 4.69) is 31.3 Å². The summed E-state index contributed by atoms with van der Waals surface area (Å²) < 4.78 is 0. The third-order valence-corrected chi connectivity index (χ3v) is 2.43. The van der Waals surface area contributed by atoms with Gasteiger partial charge >= 0.3 is 0 Å². The van der Waals surface area contributed by atoms with E-state index in [1.807, 2.05) is 0 Å². The van der Waals surface area contributed by atoms with Crippen molar-refractivity contribution in [3.63, 3.8) is 0 Å². The molecule has 0 spiro atoms. The molecular formula is C10H15N. The van der Waals surface area contributed by atoms with Gasteiger partial charge in [0.25, 0.3) is 0 Å². The minimum atomic E-state index is 0. The molecule has 1 nitrogen and oxygen atoms in total. The molecule has 1 heterocycles. The fraction of sp³-hybridized carbons (Fsp3) is 0.400. The lowest BCUT2D eigenvalue weighted by atomic mass is 10.0. The molecule has 60 valence electrons. The molecule has 0 bridgehead atoms. The van der Waals surface area contributed by atoms with Crippen LogP contribution in [0, 0.1) is 13.8 Å². The number of nitrogens with one attached hydrogen (secondary N) is 1. The van der Waals surface area contributed by atoms with Crippen LogP contribution in [0.4, 0.5) is 5.69 Å². The van der Waals surface area contributed by atoms with Gasteiger partial charge in [-0.2, -0.15) is 0 Å². The van der Waals surface area contributed by atoms with Crippen molar-refractivity contribution in [3.05, 3.63) is 28.8 Å². The highest BCUT2D eigenvalue weighted by Crippen LogP contribution is 2.28. The molecule has 0 saturated heterocycles. The lowest BCUT2D eigenvalue weighted by Crippen LogP contribution is -1.92. The summed E-state index contributed by atoms with van der Waals surface area (Å²) in [7, 11) is 0. The van der Waals surface area contributed by atoms with Crippen LogP contribution in [0.3, 0.4) is 0 Å². The van der Waals surface area contributed by atoms with Gasteiger partial charge in [0.1, 0.15) is 0 Å². The molecule has 0 radical (unpaired) electrons. The number of rotatable bonds is 0. The monoisotopic (exact) mass is 149 g/mol. The van der Waals surface area contributed by atoms with Crippen LogP contribution in [0.1, 0.15) is 18.1 Å². The van der Waals surface area contributed by atoms with Gasteiger partial charge in [0.15, 0.2) is 0 Å². The summed E-state index contributed by atoms with van der Waals surface area (Å²) in [4.78, 5) is 0. The molecule has 11 heavy (non-hydrogen) atoms. The van der Waals surface area contributed by atoms with Gasteiger partial charge in [-0.15, -0.1) is 0 Å². The lowest BCUT2D eigenvalue weighted by molar-refractivity contribution is 1.09. The van der Waals surface area contributed by atoms with Gasteiger partial charge < -0.3 is 5.32 Å². The minimum absolute atomic E-state index is 0. The van der Waals surface area contributed by atoms with Gasteiger partial charge in [0.05, 0.1) is 0 Å². The molecule has 0 atom stereocenters. The topological polar surface area (TPSA) is 12.0 Å². The zero-order valence-corrected chi connectivity index (χ0v) is 7.07. The average molecular weight is 149 g/mol. The summed E-state index contributed by atoms with van der Waals surface area (Å²) >= 11 is 0. The van der Waals surface area contributed by atoms with E-state index in [4.69, 9.17) is 0 Å². The maximum absolute atomic E-state index is 3.41.